The van der Waals surface area contributed by atoms with Crippen LogP contribution in [0.25, 0.3) is 0 Å². The molecule has 0 aliphatic rings. The van der Waals surface area contributed by atoms with Crippen LogP contribution in [0, 0.1) is 0 Å². The fourth-order valence-electron chi connectivity index (χ4n) is 2.07. The Kier molecular flexibility index (Phi) is 6.79. The van der Waals surface area contributed by atoms with Gasteiger partial charge in [-0.15, -0.1) is 11.3 Å². The molecule has 120 valence electrons. The van der Waals surface area contributed by atoms with Gasteiger partial charge in [-0.2, -0.15) is 4.31 Å². The highest BCUT2D eigenvalue weighted by molar-refractivity contribution is 7.91. The summed E-state index contributed by atoms with van der Waals surface area (Å²) < 4.78 is 31.9. The molecular formula is C13H21NO5S2. The van der Waals surface area contributed by atoms with Crippen molar-refractivity contribution in [1.82, 2.24) is 4.31 Å². The van der Waals surface area contributed by atoms with E-state index < -0.39 is 16.0 Å². The van der Waals surface area contributed by atoms with Crippen molar-refractivity contribution in [3.05, 3.63) is 17.0 Å². The first-order valence-electron chi connectivity index (χ1n) is 6.72. The van der Waals surface area contributed by atoms with Crippen LogP contribution in [-0.4, -0.2) is 50.1 Å². The van der Waals surface area contributed by atoms with Crippen LogP contribution in [0.3, 0.4) is 0 Å². The van der Waals surface area contributed by atoms with Gasteiger partial charge >= 0.3 is 5.97 Å². The monoisotopic (exact) mass is 335 g/mol. The zero-order chi connectivity index (χ0) is 16.0. The third kappa shape index (κ3) is 4.26. The molecule has 8 heteroatoms. The lowest BCUT2D eigenvalue weighted by Crippen LogP contribution is -2.41. The van der Waals surface area contributed by atoms with Gasteiger partial charge in [0.15, 0.2) is 0 Å². The van der Waals surface area contributed by atoms with Crippen molar-refractivity contribution in [2.45, 2.75) is 36.9 Å². The van der Waals surface area contributed by atoms with E-state index in [0.29, 0.717) is 19.4 Å². The fraction of sp³-hybridized carbons (Fsp3) is 0.615. The molecule has 0 saturated carbocycles. The van der Waals surface area contributed by atoms with Crippen LogP contribution in [0.5, 0.6) is 0 Å². The normalized spacial score (nSPS) is 12.2. The van der Waals surface area contributed by atoms with E-state index in [4.69, 9.17) is 9.84 Å². The van der Waals surface area contributed by atoms with E-state index in [2.05, 4.69) is 0 Å². The standard InChI is InChI=1S/C13H21NO5S2/c1-4-10(5-2)14(8-9-19-3)21(17,18)12-7-6-11(20-12)13(15)16/h6-7,10H,4-5,8-9H2,1-3H3,(H,15,16). The highest BCUT2D eigenvalue weighted by Gasteiger charge is 2.31. The number of carbonyl (C=O) groups is 1. The quantitative estimate of drug-likeness (QED) is 0.748. The summed E-state index contributed by atoms with van der Waals surface area (Å²) >= 11 is 0.778. The molecule has 0 amide bonds. The van der Waals surface area contributed by atoms with Crippen LogP contribution in [0.15, 0.2) is 16.3 Å². The van der Waals surface area contributed by atoms with E-state index in [1.807, 2.05) is 13.8 Å². The molecule has 1 aromatic heterocycles. The van der Waals surface area contributed by atoms with Gasteiger partial charge in [0.25, 0.3) is 10.0 Å². The predicted octanol–water partition coefficient (Wildman–Crippen LogP) is 2.27. The van der Waals surface area contributed by atoms with Gasteiger partial charge in [-0.05, 0) is 25.0 Å². The topological polar surface area (TPSA) is 83.9 Å². The third-order valence-corrected chi connectivity index (χ3v) is 6.71. The average Bonchev–Trinajstić information content (AvgIpc) is 2.94. The number of carboxylic acids is 1. The number of aromatic carboxylic acids is 1. The molecule has 1 heterocycles. The molecule has 0 spiro atoms. The van der Waals surface area contributed by atoms with Crippen molar-refractivity contribution >= 4 is 27.3 Å². The Labute approximate surface area is 129 Å². The van der Waals surface area contributed by atoms with E-state index in [1.165, 1.54) is 23.5 Å². The van der Waals surface area contributed by atoms with E-state index in [0.717, 1.165) is 11.3 Å². The second kappa shape index (κ2) is 7.88. The maximum absolute atomic E-state index is 12.7. The Balaban J connectivity index is 3.15. The molecule has 0 unspecified atom stereocenters. The molecule has 6 nitrogen and oxygen atoms in total. The molecular weight excluding hydrogens is 314 g/mol. The molecule has 0 aliphatic heterocycles. The lowest BCUT2D eigenvalue weighted by atomic mass is 10.2. The van der Waals surface area contributed by atoms with Crippen molar-refractivity contribution in [3.63, 3.8) is 0 Å². The number of hydrogen-bond donors (Lipinski definition) is 1. The van der Waals surface area contributed by atoms with Gasteiger partial charge in [0.05, 0.1) is 6.61 Å². The molecule has 0 fully saturated rings. The summed E-state index contributed by atoms with van der Waals surface area (Å²) in [4.78, 5) is 10.9. The van der Waals surface area contributed by atoms with Crippen LogP contribution >= 0.6 is 11.3 Å². The van der Waals surface area contributed by atoms with Crippen molar-refractivity contribution in [2.24, 2.45) is 0 Å². The number of ether oxygens (including phenoxy) is 1. The number of methoxy groups -OCH3 is 1. The summed E-state index contributed by atoms with van der Waals surface area (Å²) in [6.07, 6.45) is 1.38. The molecule has 0 aromatic carbocycles. The second-order valence-corrected chi connectivity index (χ2v) is 7.70. The SMILES string of the molecule is CCC(CC)N(CCOC)S(=O)(=O)c1ccc(C(=O)O)s1. The Morgan fingerprint density at radius 1 is 1.38 bits per heavy atom. The smallest absolute Gasteiger partial charge is 0.345 e. The molecule has 0 atom stereocenters. The van der Waals surface area contributed by atoms with Gasteiger partial charge in [0.1, 0.15) is 9.09 Å². The van der Waals surface area contributed by atoms with E-state index in [-0.39, 0.29) is 21.7 Å². The average molecular weight is 335 g/mol. The summed E-state index contributed by atoms with van der Waals surface area (Å²) in [7, 11) is -2.18. The van der Waals surface area contributed by atoms with E-state index >= 15 is 0 Å². The Hall–Kier alpha value is -0.960. The van der Waals surface area contributed by atoms with Crippen molar-refractivity contribution in [3.8, 4) is 0 Å². The zero-order valence-corrected chi connectivity index (χ0v) is 14.0. The number of carboxylic acid groups (broad SMARTS) is 1. The van der Waals surface area contributed by atoms with Gasteiger partial charge in [-0.1, -0.05) is 13.8 Å². The third-order valence-electron chi connectivity index (χ3n) is 3.22. The molecule has 0 saturated heterocycles. The van der Waals surface area contributed by atoms with Crippen molar-refractivity contribution < 1.29 is 23.1 Å². The number of thiophene rings is 1. The Morgan fingerprint density at radius 2 is 2.00 bits per heavy atom. The second-order valence-electron chi connectivity index (χ2n) is 4.50. The first kappa shape index (κ1) is 18.1. The number of hydrogen-bond acceptors (Lipinski definition) is 5. The van der Waals surface area contributed by atoms with Gasteiger partial charge < -0.3 is 9.84 Å². The summed E-state index contributed by atoms with van der Waals surface area (Å²) in [6, 6.07) is 2.55. The first-order chi connectivity index (χ1) is 9.88. The molecule has 21 heavy (non-hydrogen) atoms. The summed E-state index contributed by atoms with van der Waals surface area (Å²) in [5.41, 5.74) is 0. The largest absolute Gasteiger partial charge is 0.477 e. The fourth-order valence-corrected chi connectivity index (χ4v) is 5.10. The molecule has 1 aromatic rings. The molecule has 0 bridgehead atoms. The van der Waals surface area contributed by atoms with Gasteiger partial charge in [0.2, 0.25) is 0 Å². The first-order valence-corrected chi connectivity index (χ1v) is 8.98. The predicted molar refractivity (Wildman–Crippen MR) is 81.4 cm³/mol. The minimum atomic E-state index is -3.70. The minimum Gasteiger partial charge on any atom is -0.477 e. The van der Waals surface area contributed by atoms with Crippen molar-refractivity contribution in [1.29, 1.82) is 0 Å². The van der Waals surface area contributed by atoms with Crippen LogP contribution in [0.4, 0.5) is 0 Å². The summed E-state index contributed by atoms with van der Waals surface area (Å²) in [5.74, 6) is -1.12. The van der Waals surface area contributed by atoms with Gasteiger partial charge in [-0.25, -0.2) is 13.2 Å². The van der Waals surface area contributed by atoms with Gasteiger partial charge in [-0.3, -0.25) is 0 Å². The maximum Gasteiger partial charge on any atom is 0.345 e. The van der Waals surface area contributed by atoms with E-state index in [9.17, 15) is 13.2 Å². The van der Waals surface area contributed by atoms with E-state index in [1.54, 1.807) is 0 Å². The maximum atomic E-state index is 12.7. The van der Waals surface area contributed by atoms with Crippen LogP contribution in [-0.2, 0) is 14.8 Å². The van der Waals surface area contributed by atoms with Crippen LogP contribution in [0.2, 0.25) is 0 Å². The molecule has 0 radical (unpaired) electrons. The highest BCUT2D eigenvalue weighted by atomic mass is 32.2. The Morgan fingerprint density at radius 3 is 2.43 bits per heavy atom. The highest BCUT2D eigenvalue weighted by Crippen LogP contribution is 2.27. The molecule has 1 rings (SSSR count). The lowest BCUT2D eigenvalue weighted by Gasteiger charge is -2.28. The number of sulfonamides is 1. The zero-order valence-electron chi connectivity index (χ0n) is 12.4. The van der Waals surface area contributed by atoms with Crippen molar-refractivity contribution in [2.75, 3.05) is 20.3 Å². The summed E-state index contributed by atoms with van der Waals surface area (Å²) in [6.45, 7) is 4.42. The van der Waals surface area contributed by atoms with Gasteiger partial charge in [0, 0.05) is 19.7 Å². The minimum absolute atomic E-state index is 0.0183. The summed E-state index contributed by atoms with van der Waals surface area (Å²) in [5, 5.41) is 8.93. The molecule has 0 aliphatic carbocycles. The Bertz CT molecular complexity index is 563. The number of nitrogens with zero attached hydrogens (tertiary/aromatic N) is 1. The van der Waals surface area contributed by atoms with Crippen LogP contribution < -0.4 is 0 Å². The number of rotatable bonds is 9. The van der Waals surface area contributed by atoms with Crippen LogP contribution in [0.1, 0.15) is 36.4 Å². The lowest BCUT2D eigenvalue weighted by molar-refractivity contribution is 0.0702. The molecule has 1 N–H and O–H groups in total.